The fourth-order valence-electron chi connectivity index (χ4n) is 3.49. The number of ether oxygens (including phenoxy) is 1. The number of benzene rings is 2. The number of rotatable bonds is 3. The van der Waals surface area contributed by atoms with Crippen molar-refractivity contribution in [3.63, 3.8) is 0 Å². The standard InChI is InChI=1S/C20H19F5O/c1-12-2-4-13(5-3-12)14-6-8-15(9-7-14)16-10-11-17(21)19(18(16)22)26-20(23,24)25/h6-13H,2-5H2,1H3. The molecule has 0 amide bonds. The van der Waals surface area contributed by atoms with Crippen molar-refractivity contribution in [2.45, 2.75) is 44.9 Å². The molecule has 0 N–H and O–H groups in total. The molecule has 1 aliphatic carbocycles. The predicted molar refractivity (Wildman–Crippen MR) is 88.9 cm³/mol. The third-order valence-corrected chi connectivity index (χ3v) is 4.98. The van der Waals surface area contributed by atoms with Crippen molar-refractivity contribution in [2.24, 2.45) is 5.92 Å². The quantitative estimate of drug-likeness (QED) is 0.539. The summed E-state index contributed by atoms with van der Waals surface area (Å²) in [5, 5.41) is 0. The van der Waals surface area contributed by atoms with Crippen LogP contribution in [0.4, 0.5) is 22.0 Å². The van der Waals surface area contributed by atoms with Gasteiger partial charge in [-0.1, -0.05) is 44.0 Å². The van der Waals surface area contributed by atoms with E-state index < -0.39 is 23.7 Å². The number of hydrogen-bond donors (Lipinski definition) is 0. The SMILES string of the molecule is CC1CCC(c2ccc(-c3ccc(F)c(OC(F)(F)F)c3F)cc2)CC1. The molecule has 0 aromatic heterocycles. The second-order valence-electron chi connectivity index (χ2n) is 6.86. The summed E-state index contributed by atoms with van der Waals surface area (Å²) < 4.78 is 68.5. The highest BCUT2D eigenvalue weighted by Crippen LogP contribution is 2.38. The summed E-state index contributed by atoms with van der Waals surface area (Å²) in [5.41, 5.74) is 1.38. The maximum Gasteiger partial charge on any atom is 0.573 e. The molecule has 0 radical (unpaired) electrons. The van der Waals surface area contributed by atoms with Crippen molar-refractivity contribution in [3.05, 3.63) is 53.6 Å². The zero-order chi connectivity index (χ0) is 18.9. The highest BCUT2D eigenvalue weighted by atomic mass is 19.4. The van der Waals surface area contributed by atoms with Crippen LogP contribution in [0.1, 0.15) is 44.1 Å². The van der Waals surface area contributed by atoms with Crippen molar-refractivity contribution in [1.29, 1.82) is 0 Å². The van der Waals surface area contributed by atoms with Gasteiger partial charge in [0.2, 0.25) is 5.75 Å². The summed E-state index contributed by atoms with van der Waals surface area (Å²) in [6.07, 6.45) is -0.652. The Morgan fingerprint density at radius 2 is 1.50 bits per heavy atom. The van der Waals surface area contributed by atoms with Gasteiger partial charge in [-0.15, -0.1) is 13.2 Å². The van der Waals surface area contributed by atoms with E-state index in [4.69, 9.17) is 0 Å². The molecule has 1 nitrogen and oxygen atoms in total. The first-order valence-corrected chi connectivity index (χ1v) is 8.58. The van der Waals surface area contributed by atoms with Crippen LogP contribution in [0.25, 0.3) is 11.1 Å². The molecule has 26 heavy (non-hydrogen) atoms. The molecule has 0 saturated heterocycles. The van der Waals surface area contributed by atoms with Crippen LogP contribution >= 0.6 is 0 Å². The minimum absolute atomic E-state index is 0.130. The summed E-state index contributed by atoms with van der Waals surface area (Å²) in [4.78, 5) is 0. The van der Waals surface area contributed by atoms with E-state index >= 15 is 0 Å². The van der Waals surface area contributed by atoms with E-state index in [2.05, 4.69) is 11.7 Å². The van der Waals surface area contributed by atoms with Gasteiger partial charge in [0, 0.05) is 5.56 Å². The largest absolute Gasteiger partial charge is 0.573 e. The van der Waals surface area contributed by atoms with Crippen molar-refractivity contribution < 1.29 is 26.7 Å². The average molecular weight is 370 g/mol. The van der Waals surface area contributed by atoms with Gasteiger partial charge in [-0.3, -0.25) is 0 Å². The van der Waals surface area contributed by atoms with Gasteiger partial charge in [0.15, 0.2) is 11.6 Å². The van der Waals surface area contributed by atoms with Gasteiger partial charge in [0.05, 0.1) is 0 Å². The zero-order valence-electron chi connectivity index (χ0n) is 14.2. The second-order valence-corrected chi connectivity index (χ2v) is 6.86. The van der Waals surface area contributed by atoms with E-state index in [-0.39, 0.29) is 5.56 Å². The zero-order valence-corrected chi connectivity index (χ0v) is 14.2. The molecule has 0 unspecified atom stereocenters. The van der Waals surface area contributed by atoms with Gasteiger partial charge in [-0.05, 0) is 47.9 Å². The van der Waals surface area contributed by atoms with Gasteiger partial charge < -0.3 is 4.74 Å². The third-order valence-electron chi connectivity index (χ3n) is 4.98. The van der Waals surface area contributed by atoms with Crippen molar-refractivity contribution in [1.82, 2.24) is 0 Å². The Morgan fingerprint density at radius 3 is 2.08 bits per heavy atom. The topological polar surface area (TPSA) is 9.23 Å². The third kappa shape index (κ3) is 4.17. The minimum atomic E-state index is -5.16. The molecule has 1 aliphatic rings. The highest BCUT2D eigenvalue weighted by Gasteiger charge is 2.34. The van der Waals surface area contributed by atoms with Gasteiger partial charge in [-0.25, -0.2) is 8.78 Å². The average Bonchev–Trinajstić information content (AvgIpc) is 2.59. The van der Waals surface area contributed by atoms with Gasteiger partial charge in [0.25, 0.3) is 0 Å². The summed E-state index contributed by atoms with van der Waals surface area (Å²) in [6.45, 7) is 2.23. The van der Waals surface area contributed by atoms with Crippen LogP contribution in [0.3, 0.4) is 0 Å². The van der Waals surface area contributed by atoms with Crippen molar-refractivity contribution in [2.75, 3.05) is 0 Å². The van der Waals surface area contributed by atoms with Gasteiger partial charge in [0.1, 0.15) is 0 Å². The Balaban J connectivity index is 1.86. The van der Waals surface area contributed by atoms with Crippen LogP contribution in [0, 0.1) is 17.6 Å². The first kappa shape index (κ1) is 18.7. The van der Waals surface area contributed by atoms with Gasteiger partial charge in [-0.2, -0.15) is 0 Å². The summed E-state index contributed by atoms with van der Waals surface area (Å²) in [6, 6.07) is 8.93. The summed E-state index contributed by atoms with van der Waals surface area (Å²) in [5.74, 6) is -3.01. The van der Waals surface area contributed by atoms with Crippen LogP contribution in [-0.2, 0) is 0 Å². The Morgan fingerprint density at radius 1 is 0.885 bits per heavy atom. The lowest BCUT2D eigenvalue weighted by molar-refractivity contribution is -0.276. The molecule has 0 heterocycles. The molecule has 0 bridgehead atoms. The molecule has 6 heteroatoms. The number of hydrogen-bond acceptors (Lipinski definition) is 1. The molecule has 2 aromatic rings. The van der Waals surface area contributed by atoms with E-state index in [1.165, 1.54) is 0 Å². The maximum absolute atomic E-state index is 14.4. The molecule has 0 aliphatic heterocycles. The Bertz CT molecular complexity index is 759. The number of halogens is 5. The lowest BCUT2D eigenvalue weighted by Gasteiger charge is -2.26. The van der Waals surface area contributed by atoms with Crippen LogP contribution in [0.5, 0.6) is 5.75 Å². The lowest BCUT2D eigenvalue weighted by atomic mass is 9.79. The molecule has 140 valence electrons. The highest BCUT2D eigenvalue weighted by molar-refractivity contribution is 5.66. The van der Waals surface area contributed by atoms with E-state index in [1.807, 2.05) is 12.1 Å². The Labute approximate surface area is 148 Å². The fourth-order valence-corrected chi connectivity index (χ4v) is 3.49. The lowest BCUT2D eigenvalue weighted by Crippen LogP contribution is -2.19. The normalized spacial score (nSPS) is 20.8. The van der Waals surface area contributed by atoms with Gasteiger partial charge >= 0.3 is 6.36 Å². The smallest absolute Gasteiger partial charge is 0.399 e. The molecule has 0 spiro atoms. The van der Waals surface area contributed by atoms with E-state index in [9.17, 15) is 22.0 Å². The molecule has 0 atom stereocenters. The van der Waals surface area contributed by atoms with E-state index in [1.54, 1.807) is 12.1 Å². The molecule has 3 rings (SSSR count). The minimum Gasteiger partial charge on any atom is -0.399 e. The monoisotopic (exact) mass is 370 g/mol. The summed E-state index contributed by atoms with van der Waals surface area (Å²) >= 11 is 0. The van der Waals surface area contributed by atoms with Crippen LogP contribution in [0.15, 0.2) is 36.4 Å². The first-order chi connectivity index (χ1) is 12.2. The Kier molecular flexibility index (Phi) is 5.21. The van der Waals surface area contributed by atoms with Crippen molar-refractivity contribution >= 4 is 0 Å². The maximum atomic E-state index is 14.4. The first-order valence-electron chi connectivity index (χ1n) is 8.58. The van der Waals surface area contributed by atoms with Crippen LogP contribution in [0.2, 0.25) is 0 Å². The van der Waals surface area contributed by atoms with Crippen LogP contribution < -0.4 is 4.74 Å². The van der Waals surface area contributed by atoms with E-state index in [0.29, 0.717) is 11.5 Å². The molecule has 1 saturated carbocycles. The fraction of sp³-hybridized carbons (Fsp3) is 0.400. The molecular weight excluding hydrogens is 351 g/mol. The molecule has 2 aromatic carbocycles. The van der Waals surface area contributed by atoms with E-state index in [0.717, 1.165) is 49.3 Å². The Hall–Kier alpha value is -2.11. The summed E-state index contributed by atoms with van der Waals surface area (Å²) in [7, 11) is 0. The number of alkyl halides is 3. The van der Waals surface area contributed by atoms with Crippen molar-refractivity contribution in [3.8, 4) is 16.9 Å². The predicted octanol–water partition coefficient (Wildman–Crippen LogP) is 6.82. The molecule has 1 fully saturated rings. The van der Waals surface area contributed by atoms with Crippen LogP contribution in [-0.4, -0.2) is 6.36 Å². The second kappa shape index (κ2) is 7.25. The molecular formula is C20H19F5O.